The lowest BCUT2D eigenvalue weighted by atomic mass is 10.0. The van der Waals surface area contributed by atoms with Crippen molar-refractivity contribution in [3.63, 3.8) is 0 Å². The largest absolute Gasteiger partial charge is 0.417 e. The highest BCUT2D eigenvalue weighted by Gasteiger charge is 2.36. The number of nitrogens with zero attached hydrogens (tertiary/aromatic N) is 3. The fourth-order valence-electron chi connectivity index (χ4n) is 2.68. The van der Waals surface area contributed by atoms with Gasteiger partial charge in [-0.3, -0.25) is 9.59 Å². The van der Waals surface area contributed by atoms with E-state index in [-0.39, 0.29) is 18.9 Å². The molecular weight excluding hydrogens is 337 g/mol. The first-order valence-electron chi connectivity index (χ1n) is 7.37. The summed E-state index contributed by atoms with van der Waals surface area (Å²) in [7, 11) is 0. The molecule has 9 heteroatoms. The van der Waals surface area contributed by atoms with E-state index in [1.807, 2.05) is 0 Å². The van der Waals surface area contributed by atoms with Gasteiger partial charge in [-0.25, -0.2) is 9.97 Å². The molecule has 2 amide bonds. The Labute approximate surface area is 140 Å². The van der Waals surface area contributed by atoms with Crippen molar-refractivity contribution in [2.24, 2.45) is 5.73 Å². The molecular formula is C16H13F3N4O2. The van der Waals surface area contributed by atoms with Crippen LogP contribution in [0.15, 0.2) is 30.5 Å². The smallest absolute Gasteiger partial charge is 0.363 e. The number of alkyl halides is 3. The Hall–Kier alpha value is -2.97. The zero-order valence-corrected chi connectivity index (χ0v) is 12.9. The Balaban J connectivity index is 1.91. The number of halogens is 3. The van der Waals surface area contributed by atoms with Gasteiger partial charge in [0.1, 0.15) is 0 Å². The molecule has 0 bridgehead atoms. The minimum absolute atomic E-state index is 0.0108. The first-order chi connectivity index (χ1) is 11.8. The molecule has 0 fully saturated rings. The van der Waals surface area contributed by atoms with E-state index >= 15 is 0 Å². The van der Waals surface area contributed by atoms with Gasteiger partial charge in [-0.15, -0.1) is 0 Å². The molecule has 1 aliphatic heterocycles. The summed E-state index contributed by atoms with van der Waals surface area (Å²) in [5.74, 6) is -1.74. The summed E-state index contributed by atoms with van der Waals surface area (Å²) in [6.07, 6.45) is -2.79. The van der Waals surface area contributed by atoms with Crippen LogP contribution in [0.4, 0.5) is 13.2 Å². The van der Waals surface area contributed by atoms with E-state index in [1.54, 1.807) is 0 Å². The number of carbonyl (C=O) groups excluding carboxylic acids is 2. The lowest BCUT2D eigenvalue weighted by molar-refractivity contribution is -0.138. The quantitative estimate of drug-likeness (QED) is 0.894. The fraction of sp³-hybridized carbons (Fsp3) is 0.250. The van der Waals surface area contributed by atoms with Crippen molar-refractivity contribution >= 4 is 11.8 Å². The van der Waals surface area contributed by atoms with Crippen LogP contribution in [0.5, 0.6) is 0 Å². The van der Waals surface area contributed by atoms with Gasteiger partial charge in [-0.2, -0.15) is 13.2 Å². The maximum Gasteiger partial charge on any atom is 0.417 e. The second-order valence-electron chi connectivity index (χ2n) is 5.55. The second-order valence-corrected chi connectivity index (χ2v) is 5.55. The molecule has 0 atom stereocenters. The molecule has 0 spiro atoms. The summed E-state index contributed by atoms with van der Waals surface area (Å²) in [6, 6.07) is 4.64. The van der Waals surface area contributed by atoms with Crippen molar-refractivity contribution in [3.8, 4) is 0 Å². The minimum atomic E-state index is -4.62. The van der Waals surface area contributed by atoms with Crippen molar-refractivity contribution in [3.05, 3.63) is 58.7 Å². The predicted molar refractivity (Wildman–Crippen MR) is 80.4 cm³/mol. The zero-order chi connectivity index (χ0) is 18.2. The summed E-state index contributed by atoms with van der Waals surface area (Å²) in [4.78, 5) is 32.9. The van der Waals surface area contributed by atoms with Gasteiger partial charge in [0.25, 0.3) is 11.8 Å². The summed E-state index contributed by atoms with van der Waals surface area (Å²) in [5, 5.41) is 0. The first kappa shape index (κ1) is 16.9. The van der Waals surface area contributed by atoms with E-state index < -0.39 is 29.1 Å². The van der Waals surface area contributed by atoms with Gasteiger partial charge in [0, 0.05) is 12.7 Å². The SMILES string of the molecule is NC(=O)c1ncc2c(n1)CN(C(=O)c1ccccc1C(F)(F)F)CC2. The van der Waals surface area contributed by atoms with Crippen LogP contribution >= 0.6 is 0 Å². The van der Waals surface area contributed by atoms with Crippen LogP contribution in [0.2, 0.25) is 0 Å². The Bertz CT molecular complexity index is 852. The number of benzene rings is 1. The Morgan fingerprint density at radius 1 is 1.20 bits per heavy atom. The number of nitrogens with two attached hydrogens (primary N) is 1. The molecule has 2 N–H and O–H groups in total. The number of hydrogen-bond acceptors (Lipinski definition) is 4. The molecule has 1 aromatic carbocycles. The highest BCUT2D eigenvalue weighted by molar-refractivity contribution is 5.96. The zero-order valence-electron chi connectivity index (χ0n) is 12.9. The Morgan fingerprint density at radius 3 is 2.60 bits per heavy atom. The number of rotatable bonds is 2. The molecule has 2 heterocycles. The van der Waals surface area contributed by atoms with Gasteiger partial charge in [0.2, 0.25) is 5.82 Å². The molecule has 130 valence electrons. The van der Waals surface area contributed by atoms with Crippen LogP contribution in [0.1, 0.15) is 37.8 Å². The molecule has 2 aromatic rings. The van der Waals surface area contributed by atoms with Crippen LogP contribution in [-0.2, 0) is 19.1 Å². The molecule has 0 saturated heterocycles. The van der Waals surface area contributed by atoms with Gasteiger partial charge in [0.15, 0.2) is 0 Å². The minimum Gasteiger partial charge on any atom is -0.363 e. The van der Waals surface area contributed by atoms with Crippen molar-refractivity contribution in [2.45, 2.75) is 19.1 Å². The summed E-state index contributed by atoms with van der Waals surface area (Å²) < 4.78 is 39.3. The van der Waals surface area contributed by atoms with E-state index in [0.717, 1.165) is 17.7 Å². The third-order valence-electron chi connectivity index (χ3n) is 3.92. The van der Waals surface area contributed by atoms with Crippen molar-refractivity contribution in [2.75, 3.05) is 6.54 Å². The number of primary amides is 1. The van der Waals surface area contributed by atoms with Crippen molar-refractivity contribution < 1.29 is 22.8 Å². The number of aromatic nitrogens is 2. The highest BCUT2D eigenvalue weighted by Crippen LogP contribution is 2.33. The van der Waals surface area contributed by atoms with E-state index in [1.165, 1.54) is 23.2 Å². The molecule has 25 heavy (non-hydrogen) atoms. The average Bonchev–Trinajstić information content (AvgIpc) is 2.59. The maximum absolute atomic E-state index is 13.1. The monoisotopic (exact) mass is 350 g/mol. The number of fused-ring (bicyclic) bond motifs is 1. The van der Waals surface area contributed by atoms with E-state index in [2.05, 4.69) is 9.97 Å². The third-order valence-corrected chi connectivity index (χ3v) is 3.92. The molecule has 6 nitrogen and oxygen atoms in total. The van der Waals surface area contributed by atoms with Crippen LogP contribution < -0.4 is 5.73 Å². The van der Waals surface area contributed by atoms with E-state index in [0.29, 0.717) is 12.1 Å². The van der Waals surface area contributed by atoms with Gasteiger partial charge in [-0.1, -0.05) is 12.1 Å². The van der Waals surface area contributed by atoms with E-state index in [4.69, 9.17) is 5.73 Å². The third kappa shape index (κ3) is 3.30. The predicted octanol–water partition coefficient (Wildman–Crippen LogP) is 1.79. The van der Waals surface area contributed by atoms with Gasteiger partial charge in [0.05, 0.1) is 23.4 Å². The molecule has 3 rings (SSSR count). The second kappa shape index (κ2) is 6.15. The summed E-state index contributed by atoms with van der Waals surface area (Å²) in [6.45, 7) is 0.223. The number of hydrogen-bond donors (Lipinski definition) is 1. The Morgan fingerprint density at radius 2 is 1.92 bits per heavy atom. The average molecular weight is 350 g/mol. The van der Waals surface area contributed by atoms with Gasteiger partial charge >= 0.3 is 6.18 Å². The van der Waals surface area contributed by atoms with Crippen LogP contribution in [0.3, 0.4) is 0 Å². The van der Waals surface area contributed by atoms with Crippen LogP contribution in [-0.4, -0.2) is 33.2 Å². The lowest BCUT2D eigenvalue weighted by Gasteiger charge is -2.28. The molecule has 0 radical (unpaired) electrons. The molecule has 1 aromatic heterocycles. The van der Waals surface area contributed by atoms with Gasteiger partial charge < -0.3 is 10.6 Å². The summed E-state index contributed by atoms with van der Waals surface area (Å²) >= 11 is 0. The normalized spacial score (nSPS) is 14.1. The standard InChI is InChI=1S/C16H13F3N4O2/c17-16(18,19)11-4-2-1-3-10(11)15(25)23-6-5-9-7-21-14(13(20)24)22-12(9)8-23/h1-4,7H,5-6,8H2,(H2,20,24). The molecule has 1 aliphatic rings. The number of amides is 2. The van der Waals surface area contributed by atoms with E-state index in [9.17, 15) is 22.8 Å². The first-order valence-corrected chi connectivity index (χ1v) is 7.37. The fourth-order valence-corrected chi connectivity index (χ4v) is 2.68. The highest BCUT2D eigenvalue weighted by atomic mass is 19.4. The van der Waals surface area contributed by atoms with Crippen molar-refractivity contribution in [1.29, 1.82) is 0 Å². The van der Waals surface area contributed by atoms with Gasteiger partial charge in [-0.05, 0) is 24.1 Å². The molecule has 0 unspecified atom stereocenters. The van der Waals surface area contributed by atoms with Crippen LogP contribution in [0.25, 0.3) is 0 Å². The molecule has 0 saturated carbocycles. The van der Waals surface area contributed by atoms with Crippen LogP contribution in [0, 0.1) is 0 Å². The maximum atomic E-state index is 13.1. The lowest BCUT2D eigenvalue weighted by Crippen LogP contribution is -2.38. The Kier molecular flexibility index (Phi) is 4.15. The van der Waals surface area contributed by atoms with Crippen molar-refractivity contribution in [1.82, 2.24) is 14.9 Å². The topological polar surface area (TPSA) is 89.2 Å². The summed E-state index contributed by atoms with van der Waals surface area (Å²) in [5.41, 5.74) is 4.88. The molecule has 0 aliphatic carbocycles. The number of carbonyl (C=O) groups is 2.